The normalized spacial score (nSPS) is 49.8. The lowest BCUT2D eigenvalue weighted by Crippen LogP contribution is -2.67. The quantitative estimate of drug-likeness (QED) is 0.0503. The molecule has 0 aromatic carbocycles. The van der Waals surface area contributed by atoms with Crippen LogP contribution in [0.3, 0.4) is 0 Å². The molecular formula is C40H71O33P. The van der Waals surface area contributed by atoms with E-state index in [0.717, 1.165) is 0 Å². The lowest BCUT2D eigenvalue weighted by Gasteiger charge is -2.49. The average molecular weight is 1110 g/mol. The molecule has 6 aliphatic rings. The summed E-state index contributed by atoms with van der Waals surface area (Å²) in [5.74, 6) is 0. The smallest absolute Gasteiger partial charge is 0.394 e. The molecule has 34 heteroatoms. The van der Waals surface area contributed by atoms with E-state index in [1.165, 1.54) is 13.8 Å². The Morgan fingerprint density at radius 3 is 1.24 bits per heavy atom. The molecule has 0 amide bonds. The van der Waals surface area contributed by atoms with E-state index in [1.807, 2.05) is 0 Å². The Balaban J connectivity index is 1.17. The monoisotopic (exact) mass is 1110 g/mol. The Bertz CT molecular complexity index is 1760. The Labute approximate surface area is 420 Å². The number of aliphatic hydroxyl groups excluding tert-OH is 17. The highest BCUT2D eigenvalue weighted by molar-refractivity contribution is 7.46. The standard InChI is InChI=1S/C40H71O33P/c1-4-11-17(43)23(49)29(55)36(65-11)72-33-26(52)18(44)12(5-41)66-39(33)62-7-14-20(46)24(50)28(54)35(68-14)61-8-15-22(48)32(31(57)38(69-15)64-10(2)3)71-40-34(27(53)19(45)13(6-42)67-40)73-37-30(56)25(51)21(47)16(70-37)9-63-74(58,59)60/h10-57H,4-9H2,1-3H3,(H2,58,59,60)/t11?,12?,13?,14?,15?,16?,17-,18-,19-,20-,21-,22-,23+,24+,25+,26+,27+,28?,29?,30?,31?,32+,33?,34?,35+,36+,37-,38-,39+,40+/m1/s1. The highest BCUT2D eigenvalue weighted by atomic mass is 31.2. The molecule has 6 heterocycles. The van der Waals surface area contributed by atoms with Crippen LogP contribution in [0.2, 0.25) is 0 Å². The third-order valence-electron chi connectivity index (χ3n) is 13.2. The molecule has 434 valence electrons. The molecule has 0 aliphatic carbocycles. The van der Waals surface area contributed by atoms with E-state index in [1.54, 1.807) is 6.92 Å². The first kappa shape index (κ1) is 62.2. The van der Waals surface area contributed by atoms with Crippen molar-refractivity contribution in [1.29, 1.82) is 0 Å². The van der Waals surface area contributed by atoms with Gasteiger partial charge in [0.1, 0.15) is 140 Å². The molecule has 0 saturated carbocycles. The average Bonchev–Trinajstić information content (AvgIpc) is 3.35. The minimum absolute atomic E-state index is 0.136. The van der Waals surface area contributed by atoms with E-state index in [4.69, 9.17) is 66.6 Å². The second-order valence-electron chi connectivity index (χ2n) is 18.8. The lowest BCUT2D eigenvalue weighted by molar-refractivity contribution is -0.392. The number of phosphoric acid groups is 1. The van der Waals surface area contributed by atoms with Gasteiger partial charge in [-0.3, -0.25) is 4.52 Å². The lowest BCUT2D eigenvalue weighted by atomic mass is 9.96. The van der Waals surface area contributed by atoms with Crippen molar-refractivity contribution in [2.24, 2.45) is 0 Å². The third kappa shape index (κ3) is 14.1. The zero-order valence-corrected chi connectivity index (χ0v) is 40.7. The molecule has 0 spiro atoms. The van der Waals surface area contributed by atoms with Crippen molar-refractivity contribution < 1.29 is 163 Å². The van der Waals surface area contributed by atoms with E-state index in [0.29, 0.717) is 0 Å². The van der Waals surface area contributed by atoms with Gasteiger partial charge in [-0.1, -0.05) is 6.92 Å². The summed E-state index contributed by atoms with van der Waals surface area (Å²) in [5.41, 5.74) is 0. The zero-order valence-electron chi connectivity index (χ0n) is 39.8. The molecule has 0 bridgehead atoms. The summed E-state index contributed by atoms with van der Waals surface area (Å²) in [6.07, 6.45) is -56.5. The molecule has 19 N–H and O–H groups in total. The number of rotatable bonds is 20. The van der Waals surface area contributed by atoms with E-state index in [2.05, 4.69) is 4.52 Å². The van der Waals surface area contributed by atoms with Crippen molar-refractivity contribution in [3.05, 3.63) is 0 Å². The fourth-order valence-electron chi connectivity index (χ4n) is 8.97. The predicted molar refractivity (Wildman–Crippen MR) is 227 cm³/mol. The van der Waals surface area contributed by atoms with Gasteiger partial charge in [0.15, 0.2) is 37.7 Å². The second kappa shape index (κ2) is 26.5. The van der Waals surface area contributed by atoms with Gasteiger partial charge in [-0.2, -0.15) is 0 Å². The van der Waals surface area contributed by atoms with Crippen LogP contribution in [0.4, 0.5) is 0 Å². The van der Waals surface area contributed by atoms with E-state index in [-0.39, 0.29) is 6.42 Å². The third-order valence-corrected chi connectivity index (χ3v) is 13.7. The van der Waals surface area contributed by atoms with Gasteiger partial charge in [-0.25, -0.2) is 4.57 Å². The van der Waals surface area contributed by atoms with Crippen LogP contribution in [0.25, 0.3) is 0 Å². The number of aliphatic hydroxyl groups is 17. The highest BCUT2D eigenvalue weighted by Crippen LogP contribution is 2.39. The molecule has 0 aromatic rings. The molecule has 0 aromatic heterocycles. The van der Waals surface area contributed by atoms with Gasteiger partial charge in [-0.05, 0) is 20.3 Å². The van der Waals surface area contributed by atoms with E-state index < -0.39 is 231 Å². The van der Waals surface area contributed by atoms with Gasteiger partial charge in [0.25, 0.3) is 0 Å². The van der Waals surface area contributed by atoms with Crippen LogP contribution in [0.1, 0.15) is 27.2 Å². The minimum atomic E-state index is -5.17. The number of ether oxygens (including phenoxy) is 12. The molecule has 33 nitrogen and oxygen atoms in total. The largest absolute Gasteiger partial charge is 0.469 e. The summed E-state index contributed by atoms with van der Waals surface area (Å²) >= 11 is 0. The molecule has 0 radical (unpaired) electrons. The van der Waals surface area contributed by atoms with Crippen LogP contribution in [-0.4, -0.2) is 320 Å². The summed E-state index contributed by atoms with van der Waals surface area (Å²) in [7, 11) is -5.17. The van der Waals surface area contributed by atoms with Crippen molar-refractivity contribution in [1.82, 2.24) is 0 Å². The Hall–Kier alpha value is -1.05. The van der Waals surface area contributed by atoms with Crippen molar-refractivity contribution in [2.45, 2.75) is 218 Å². The molecule has 30 atom stereocenters. The van der Waals surface area contributed by atoms with Gasteiger partial charge in [0.2, 0.25) is 0 Å². The molecule has 6 rings (SSSR count). The SMILES string of the molecule is CCC1O[C@@H](OC2[C@@H](OCC3O[C@H](OCC4O[C@@H](OC(C)C)C(O)[C@@H](O[C@@H]5OC(CO)[C@@H](O)[C@H](O)C5O[C@H]5OC(COP(=O)(O)O)[C@@H](O)[C@H](O)C5O)[C@@H]4O)C(O)[C@@H](O)[C@@H]3O)OC(CO)[C@@H](O)[C@@H]2O)C(O)[C@@H](O)[C@@H]1O. The maximum absolute atomic E-state index is 11.7. The van der Waals surface area contributed by atoms with Gasteiger partial charge >= 0.3 is 7.82 Å². The van der Waals surface area contributed by atoms with Crippen LogP contribution >= 0.6 is 7.82 Å². The first-order chi connectivity index (χ1) is 34.7. The summed E-state index contributed by atoms with van der Waals surface area (Å²) < 4.78 is 84.1. The Morgan fingerprint density at radius 2 is 0.757 bits per heavy atom. The van der Waals surface area contributed by atoms with Crippen molar-refractivity contribution >= 4 is 7.82 Å². The first-order valence-electron chi connectivity index (χ1n) is 23.6. The van der Waals surface area contributed by atoms with Gasteiger partial charge in [0.05, 0.1) is 45.2 Å². The maximum Gasteiger partial charge on any atom is 0.469 e. The van der Waals surface area contributed by atoms with Crippen LogP contribution in [0.5, 0.6) is 0 Å². The number of hydrogen-bond acceptors (Lipinski definition) is 31. The zero-order chi connectivity index (χ0) is 54.8. The van der Waals surface area contributed by atoms with Crippen molar-refractivity contribution in [3.8, 4) is 0 Å². The van der Waals surface area contributed by atoms with Crippen LogP contribution in [-0.2, 0) is 65.9 Å². The molecular weight excluding hydrogens is 1040 g/mol. The minimum Gasteiger partial charge on any atom is -0.394 e. The summed E-state index contributed by atoms with van der Waals surface area (Å²) in [6.45, 7) is 0.123. The summed E-state index contributed by atoms with van der Waals surface area (Å²) in [5, 5.41) is 183. The van der Waals surface area contributed by atoms with Crippen LogP contribution in [0.15, 0.2) is 0 Å². The van der Waals surface area contributed by atoms with E-state index in [9.17, 15) is 91.4 Å². The topological polar surface area (TPSA) is 521 Å². The fraction of sp³-hybridized carbons (Fsp3) is 1.00. The second-order valence-corrected chi connectivity index (χ2v) is 20.1. The number of phosphoric ester groups is 1. The first-order valence-corrected chi connectivity index (χ1v) is 25.2. The van der Waals surface area contributed by atoms with Crippen molar-refractivity contribution in [3.63, 3.8) is 0 Å². The maximum atomic E-state index is 11.7. The van der Waals surface area contributed by atoms with Gasteiger partial charge in [0, 0.05) is 0 Å². The van der Waals surface area contributed by atoms with E-state index >= 15 is 0 Å². The van der Waals surface area contributed by atoms with Crippen LogP contribution in [0, 0.1) is 0 Å². The Morgan fingerprint density at radius 1 is 0.392 bits per heavy atom. The Kier molecular flexibility index (Phi) is 22.2. The van der Waals surface area contributed by atoms with Gasteiger partial charge < -0.3 is 153 Å². The summed E-state index contributed by atoms with van der Waals surface area (Å²) in [6, 6.07) is 0. The number of hydrogen-bond donors (Lipinski definition) is 19. The molecule has 6 aliphatic heterocycles. The highest BCUT2D eigenvalue weighted by Gasteiger charge is 2.56. The van der Waals surface area contributed by atoms with Crippen LogP contribution < -0.4 is 0 Å². The summed E-state index contributed by atoms with van der Waals surface area (Å²) in [4.78, 5) is 18.3. The molecule has 12 unspecified atom stereocenters. The molecule has 6 saturated heterocycles. The van der Waals surface area contributed by atoms with Crippen molar-refractivity contribution in [2.75, 3.05) is 33.0 Å². The molecule has 6 fully saturated rings. The molecule has 74 heavy (non-hydrogen) atoms. The van der Waals surface area contributed by atoms with Gasteiger partial charge in [-0.15, -0.1) is 0 Å². The predicted octanol–water partition coefficient (Wildman–Crippen LogP) is -11.1. The fourth-order valence-corrected chi connectivity index (χ4v) is 9.31.